The van der Waals surface area contributed by atoms with Gasteiger partial charge in [-0.2, -0.15) is 0 Å². The molecular weight excluding hydrogens is 849 g/mol. The highest BCUT2D eigenvalue weighted by atomic mass is 16.7. The average Bonchev–Trinajstić information content (AvgIpc) is 4.15. The lowest BCUT2D eigenvalue weighted by Crippen LogP contribution is -2.63. The predicted molar refractivity (Wildman–Crippen MR) is 268 cm³/mol. The molecule has 2 fully saturated rings. The first kappa shape index (κ1) is 60.9. The third kappa shape index (κ3) is 33.1. The molecule has 0 radical (unpaired) electrons. The minimum atomic E-state index is -1.22. The van der Waals surface area contributed by atoms with Gasteiger partial charge < -0.3 is 33.2 Å². The molecule has 11 nitrogen and oxygen atoms in total. The molecule has 6 atom stereocenters. The summed E-state index contributed by atoms with van der Waals surface area (Å²) in [6.45, 7) is 9.71. The van der Waals surface area contributed by atoms with Gasteiger partial charge >= 0.3 is 23.9 Å². The Labute approximate surface area is 409 Å². The standard InChI is InChI=1S/C56H102O11/c1-5-9-13-17-21-25-29-33-40-49(57)63-46-48-53(65-50(58)41-34-30-26-22-18-14-10-6-2)54(66-51(59)42-35-31-27-23-19-15-11-7-3)55(56(64-48)61-44-38-37-39-47-45-62-47)67-52(60)43-36-32-28-24-20-16-12-8-4/h47-48,53-56H,5-46H2,1-4H3/t47?,48-,53-,54+,55-,56-/m1/s1. The predicted octanol–water partition coefficient (Wildman–Crippen LogP) is 14.7. The SMILES string of the molecule is CCCCCCCCCCC(=O)OC[C@H]1O[C@@H](OCCCCC2CO2)[C@H](OC(=O)CCCCCCCCCC)[C@@H](OC(=O)CCCCCCCCCC)[C@@H]1OC(=O)CCCCCCCCCC. The molecule has 0 spiro atoms. The quantitative estimate of drug-likeness (QED) is 0.0249. The van der Waals surface area contributed by atoms with Crippen LogP contribution in [0.2, 0.25) is 0 Å². The van der Waals surface area contributed by atoms with E-state index in [2.05, 4.69) is 27.7 Å². The molecule has 0 N–H and O–H groups in total. The molecule has 0 aromatic heterocycles. The van der Waals surface area contributed by atoms with E-state index in [-0.39, 0.29) is 38.3 Å². The Bertz CT molecular complexity index is 1210. The molecule has 2 heterocycles. The van der Waals surface area contributed by atoms with Crippen molar-refractivity contribution >= 4 is 23.9 Å². The summed E-state index contributed by atoms with van der Waals surface area (Å²) in [6.07, 6.45) is 32.7. The number of carbonyl (C=O) groups is 4. The Morgan fingerprint density at radius 3 is 1.13 bits per heavy atom. The Hall–Kier alpha value is -2.24. The fraction of sp³-hybridized carbons (Fsp3) is 0.929. The van der Waals surface area contributed by atoms with Gasteiger partial charge in [0, 0.05) is 32.3 Å². The topological polar surface area (TPSA) is 136 Å². The van der Waals surface area contributed by atoms with Crippen molar-refractivity contribution in [2.75, 3.05) is 19.8 Å². The lowest BCUT2D eigenvalue weighted by Gasteiger charge is -2.44. The first-order valence-electron chi connectivity index (χ1n) is 28.4. The first-order chi connectivity index (χ1) is 32.8. The van der Waals surface area contributed by atoms with Crippen molar-refractivity contribution < 1.29 is 52.3 Å². The smallest absolute Gasteiger partial charge is 0.306 e. The van der Waals surface area contributed by atoms with E-state index in [1.807, 2.05) is 0 Å². The van der Waals surface area contributed by atoms with E-state index >= 15 is 0 Å². The van der Waals surface area contributed by atoms with Crippen LogP contribution in [0.5, 0.6) is 0 Å². The maximum atomic E-state index is 13.8. The van der Waals surface area contributed by atoms with Gasteiger partial charge in [-0.3, -0.25) is 19.2 Å². The summed E-state index contributed by atoms with van der Waals surface area (Å²) in [5, 5.41) is 0. The molecule has 11 heteroatoms. The highest BCUT2D eigenvalue weighted by molar-refractivity contribution is 5.72. The van der Waals surface area contributed by atoms with Gasteiger partial charge in [0.2, 0.25) is 0 Å². The van der Waals surface area contributed by atoms with Crippen LogP contribution in [0.3, 0.4) is 0 Å². The summed E-state index contributed by atoms with van der Waals surface area (Å²) < 4.78 is 43.0. The molecule has 0 aromatic carbocycles. The largest absolute Gasteiger partial charge is 0.463 e. The number of esters is 4. The lowest BCUT2D eigenvalue weighted by molar-refractivity contribution is -0.309. The van der Waals surface area contributed by atoms with Gasteiger partial charge in [-0.25, -0.2) is 0 Å². The minimum Gasteiger partial charge on any atom is -0.463 e. The summed E-state index contributed by atoms with van der Waals surface area (Å²) in [6, 6.07) is 0. The van der Waals surface area contributed by atoms with Crippen LogP contribution in [0, 0.1) is 0 Å². The van der Waals surface area contributed by atoms with Crippen molar-refractivity contribution in [3.63, 3.8) is 0 Å². The molecule has 67 heavy (non-hydrogen) atoms. The molecule has 0 bridgehead atoms. The number of carbonyl (C=O) groups excluding carboxylic acids is 4. The second-order valence-corrected chi connectivity index (χ2v) is 19.8. The Kier molecular flexibility index (Phi) is 38.7. The zero-order chi connectivity index (χ0) is 48.4. The van der Waals surface area contributed by atoms with Crippen molar-refractivity contribution in [3.05, 3.63) is 0 Å². The zero-order valence-electron chi connectivity index (χ0n) is 43.7. The van der Waals surface area contributed by atoms with Gasteiger partial charge in [-0.15, -0.1) is 0 Å². The lowest BCUT2D eigenvalue weighted by atomic mass is 9.97. The number of ether oxygens (including phenoxy) is 7. The zero-order valence-corrected chi connectivity index (χ0v) is 43.7. The molecule has 0 aliphatic carbocycles. The monoisotopic (exact) mass is 951 g/mol. The summed E-state index contributed by atoms with van der Waals surface area (Å²) in [4.78, 5) is 54.5. The molecule has 2 aliphatic heterocycles. The second-order valence-electron chi connectivity index (χ2n) is 19.8. The fourth-order valence-electron chi connectivity index (χ4n) is 8.95. The van der Waals surface area contributed by atoms with Crippen molar-refractivity contribution in [2.45, 2.75) is 315 Å². The molecule has 0 amide bonds. The van der Waals surface area contributed by atoms with E-state index in [0.29, 0.717) is 32.0 Å². The van der Waals surface area contributed by atoms with Gasteiger partial charge in [0.15, 0.2) is 24.6 Å². The molecule has 392 valence electrons. The Morgan fingerprint density at radius 2 is 0.746 bits per heavy atom. The van der Waals surface area contributed by atoms with Gasteiger partial charge in [-0.05, 0) is 44.9 Å². The number of unbranched alkanes of at least 4 members (excludes halogenated alkanes) is 29. The molecule has 0 saturated carbocycles. The second kappa shape index (κ2) is 42.6. The third-order valence-corrected chi connectivity index (χ3v) is 13.3. The van der Waals surface area contributed by atoms with E-state index in [1.54, 1.807) is 0 Å². The van der Waals surface area contributed by atoms with E-state index in [0.717, 1.165) is 109 Å². The summed E-state index contributed by atoms with van der Waals surface area (Å²) >= 11 is 0. The highest BCUT2D eigenvalue weighted by Gasteiger charge is 2.53. The number of rotatable bonds is 47. The van der Waals surface area contributed by atoms with Crippen molar-refractivity contribution in [3.8, 4) is 0 Å². The third-order valence-electron chi connectivity index (χ3n) is 13.3. The van der Waals surface area contributed by atoms with Crippen LogP contribution < -0.4 is 0 Å². The van der Waals surface area contributed by atoms with Crippen LogP contribution in [0.25, 0.3) is 0 Å². The van der Waals surface area contributed by atoms with Crippen LogP contribution in [-0.4, -0.2) is 80.5 Å². The maximum absolute atomic E-state index is 13.8. The minimum absolute atomic E-state index is 0.178. The Morgan fingerprint density at radius 1 is 0.403 bits per heavy atom. The van der Waals surface area contributed by atoms with Gasteiger partial charge in [0.05, 0.1) is 12.7 Å². The van der Waals surface area contributed by atoms with Crippen LogP contribution in [-0.2, 0) is 52.3 Å². The number of epoxide rings is 1. The Balaban J connectivity index is 2.29. The number of hydrogen-bond acceptors (Lipinski definition) is 11. The van der Waals surface area contributed by atoms with Crippen molar-refractivity contribution in [1.29, 1.82) is 0 Å². The molecule has 1 unspecified atom stereocenters. The maximum Gasteiger partial charge on any atom is 0.306 e. The van der Waals surface area contributed by atoms with Crippen LogP contribution in [0.15, 0.2) is 0 Å². The first-order valence-corrected chi connectivity index (χ1v) is 28.4. The van der Waals surface area contributed by atoms with Gasteiger partial charge in [-0.1, -0.05) is 207 Å². The van der Waals surface area contributed by atoms with E-state index in [1.165, 1.54) is 103 Å². The summed E-state index contributed by atoms with van der Waals surface area (Å²) in [5.74, 6) is -1.72. The number of hydrogen-bond donors (Lipinski definition) is 0. The molecule has 2 rings (SSSR count). The molecule has 2 saturated heterocycles. The molecular formula is C56H102O11. The van der Waals surface area contributed by atoms with E-state index in [9.17, 15) is 19.2 Å². The van der Waals surface area contributed by atoms with Crippen LogP contribution >= 0.6 is 0 Å². The van der Waals surface area contributed by atoms with Crippen LogP contribution in [0.1, 0.15) is 278 Å². The normalized spacial score (nSPS) is 20.1. The molecule has 0 aromatic rings. The van der Waals surface area contributed by atoms with Gasteiger partial charge in [0.1, 0.15) is 12.7 Å². The summed E-state index contributed by atoms with van der Waals surface area (Å²) in [5.41, 5.74) is 0. The van der Waals surface area contributed by atoms with Crippen molar-refractivity contribution in [1.82, 2.24) is 0 Å². The fourth-order valence-corrected chi connectivity index (χ4v) is 8.95. The average molecular weight is 951 g/mol. The van der Waals surface area contributed by atoms with Gasteiger partial charge in [0.25, 0.3) is 0 Å². The van der Waals surface area contributed by atoms with Crippen LogP contribution in [0.4, 0.5) is 0 Å². The molecule has 2 aliphatic rings. The van der Waals surface area contributed by atoms with Crippen molar-refractivity contribution in [2.24, 2.45) is 0 Å². The van der Waals surface area contributed by atoms with E-state index < -0.39 is 48.6 Å². The summed E-state index contributed by atoms with van der Waals surface area (Å²) in [7, 11) is 0. The highest BCUT2D eigenvalue weighted by Crippen LogP contribution is 2.32. The van der Waals surface area contributed by atoms with E-state index in [4.69, 9.17) is 33.2 Å².